The van der Waals surface area contributed by atoms with Gasteiger partial charge in [0.05, 0.1) is 13.2 Å². The lowest BCUT2D eigenvalue weighted by Crippen LogP contribution is -2.34. The van der Waals surface area contributed by atoms with Crippen LogP contribution in [0.5, 0.6) is 0 Å². The van der Waals surface area contributed by atoms with Crippen LogP contribution in [0.2, 0.25) is 0 Å². The Morgan fingerprint density at radius 1 is 0.542 bits per heavy atom. The van der Waals surface area contributed by atoms with Crippen molar-refractivity contribution in [3.05, 3.63) is 60.8 Å². The van der Waals surface area contributed by atoms with Gasteiger partial charge in [0.1, 0.15) is 12.6 Å². The quantitative estimate of drug-likeness (QED) is 0.0231. The van der Waals surface area contributed by atoms with Crippen molar-refractivity contribution in [3.63, 3.8) is 0 Å². The van der Waals surface area contributed by atoms with E-state index in [9.17, 15) is 23.8 Å². The number of hydrogen-bond donors (Lipinski definition) is 3. The van der Waals surface area contributed by atoms with Crippen molar-refractivity contribution in [1.82, 2.24) is 0 Å². The molecule has 12 heteroatoms. The number of allylic oxidation sites excluding steroid dienone is 10. The first-order chi connectivity index (χ1) is 28.6. The summed E-state index contributed by atoms with van der Waals surface area (Å²) in [4.78, 5) is 46.0. The second kappa shape index (κ2) is 41.9. The van der Waals surface area contributed by atoms with Gasteiger partial charge in [0.2, 0.25) is 0 Å². The van der Waals surface area contributed by atoms with Gasteiger partial charge >= 0.3 is 25.7 Å². The number of carbonyl (C=O) groups is 3. The highest BCUT2D eigenvalue weighted by atomic mass is 31.2. The third-order valence-corrected chi connectivity index (χ3v) is 10.5. The van der Waals surface area contributed by atoms with Crippen LogP contribution in [0.1, 0.15) is 187 Å². The van der Waals surface area contributed by atoms with Crippen LogP contribution >= 0.6 is 7.82 Å². The number of ether oxygens (including phenoxy) is 2. The smallest absolute Gasteiger partial charge is 0.472 e. The van der Waals surface area contributed by atoms with Crippen LogP contribution in [0.3, 0.4) is 0 Å². The highest BCUT2D eigenvalue weighted by Crippen LogP contribution is 2.43. The van der Waals surface area contributed by atoms with Crippen LogP contribution in [-0.2, 0) is 37.5 Å². The number of carboxylic acids is 1. The molecule has 4 N–H and O–H groups in total. The number of hydrogen-bond acceptors (Lipinski definition) is 9. The van der Waals surface area contributed by atoms with Crippen molar-refractivity contribution in [1.29, 1.82) is 0 Å². The number of carboxylic acid groups (broad SMARTS) is 1. The van der Waals surface area contributed by atoms with E-state index in [4.69, 9.17) is 24.8 Å². The number of aliphatic carboxylic acids is 1. The first kappa shape index (κ1) is 56.2. The fraction of sp³-hybridized carbons (Fsp3) is 0.723. The molecular weight excluding hydrogens is 769 g/mol. The molecule has 0 saturated carbocycles. The van der Waals surface area contributed by atoms with Gasteiger partial charge in [0.25, 0.3) is 0 Å². The lowest BCUT2D eigenvalue weighted by Gasteiger charge is -2.20. The lowest BCUT2D eigenvalue weighted by atomic mass is 10.0. The van der Waals surface area contributed by atoms with E-state index in [1.807, 2.05) is 12.2 Å². The first-order valence-electron chi connectivity index (χ1n) is 22.8. The maximum absolute atomic E-state index is 12.6. The van der Waals surface area contributed by atoms with Gasteiger partial charge in [0, 0.05) is 12.8 Å². The van der Waals surface area contributed by atoms with Crippen molar-refractivity contribution in [2.75, 3.05) is 19.8 Å². The predicted molar refractivity (Wildman–Crippen MR) is 240 cm³/mol. The van der Waals surface area contributed by atoms with E-state index in [-0.39, 0.29) is 19.4 Å². The molecule has 0 heterocycles. The summed E-state index contributed by atoms with van der Waals surface area (Å²) in [5, 5.41) is 8.90. The summed E-state index contributed by atoms with van der Waals surface area (Å²) in [5.74, 6) is -2.45. The minimum Gasteiger partial charge on any atom is -0.480 e. The van der Waals surface area contributed by atoms with Crippen LogP contribution in [0, 0.1) is 0 Å². The minimum atomic E-state index is -4.73. The maximum Gasteiger partial charge on any atom is 0.472 e. The molecule has 0 rings (SSSR count). The van der Waals surface area contributed by atoms with Gasteiger partial charge in [0.15, 0.2) is 6.10 Å². The zero-order chi connectivity index (χ0) is 43.5. The molecule has 0 aliphatic rings. The zero-order valence-electron chi connectivity index (χ0n) is 36.8. The van der Waals surface area contributed by atoms with Crippen molar-refractivity contribution in [2.45, 2.75) is 199 Å². The molecule has 0 aliphatic heterocycles. The minimum absolute atomic E-state index is 0.143. The van der Waals surface area contributed by atoms with Crippen molar-refractivity contribution in [3.8, 4) is 0 Å². The Morgan fingerprint density at radius 3 is 1.41 bits per heavy atom. The van der Waals surface area contributed by atoms with Gasteiger partial charge in [-0.05, 0) is 51.4 Å². The van der Waals surface area contributed by atoms with Gasteiger partial charge in [-0.1, -0.05) is 184 Å². The van der Waals surface area contributed by atoms with Crippen LogP contribution in [0.4, 0.5) is 0 Å². The molecule has 340 valence electrons. The Morgan fingerprint density at radius 2 is 0.949 bits per heavy atom. The average Bonchev–Trinajstić information content (AvgIpc) is 3.21. The van der Waals surface area contributed by atoms with E-state index in [2.05, 4.69) is 67.0 Å². The van der Waals surface area contributed by atoms with E-state index in [1.165, 1.54) is 89.9 Å². The highest BCUT2D eigenvalue weighted by Gasteiger charge is 2.28. The normalized spacial score (nSPS) is 14.2. The fourth-order valence-electron chi connectivity index (χ4n) is 5.98. The first-order valence-corrected chi connectivity index (χ1v) is 24.3. The number of phosphoric ester groups is 1. The van der Waals surface area contributed by atoms with Gasteiger partial charge < -0.3 is 25.2 Å². The summed E-state index contributed by atoms with van der Waals surface area (Å²) in [6.45, 7) is 2.64. The molecule has 1 unspecified atom stereocenters. The van der Waals surface area contributed by atoms with Crippen LogP contribution in [0.25, 0.3) is 0 Å². The van der Waals surface area contributed by atoms with Gasteiger partial charge in [-0.15, -0.1) is 0 Å². The van der Waals surface area contributed by atoms with Crippen molar-refractivity contribution in [2.24, 2.45) is 5.73 Å². The summed E-state index contributed by atoms with van der Waals surface area (Å²) >= 11 is 0. The molecule has 0 saturated heterocycles. The lowest BCUT2D eigenvalue weighted by molar-refractivity contribution is -0.161. The Bertz CT molecular complexity index is 1230. The SMILES string of the molecule is CC/C=C\C/C=C\C/C=C\C/C=C\C/C=C\CCCC(=O)OC[C@H](COP(=O)(O)OC[C@H](N)C(=O)O)OC(=O)CCCCCCCCCCCCCCCCCCCC. The molecule has 0 aromatic rings. The maximum atomic E-state index is 12.6. The molecule has 0 radical (unpaired) electrons. The Kier molecular flexibility index (Phi) is 39.9. The van der Waals surface area contributed by atoms with Gasteiger partial charge in [-0.3, -0.25) is 23.4 Å². The summed E-state index contributed by atoms with van der Waals surface area (Å²) in [7, 11) is -4.73. The predicted octanol–water partition coefficient (Wildman–Crippen LogP) is 12.3. The van der Waals surface area contributed by atoms with E-state index in [0.29, 0.717) is 19.3 Å². The van der Waals surface area contributed by atoms with Crippen LogP contribution in [-0.4, -0.2) is 59.9 Å². The van der Waals surface area contributed by atoms with Gasteiger partial charge in [-0.2, -0.15) is 0 Å². The van der Waals surface area contributed by atoms with Crippen molar-refractivity contribution >= 4 is 25.7 Å². The van der Waals surface area contributed by atoms with E-state index in [0.717, 1.165) is 51.4 Å². The molecule has 0 aromatic carbocycles. The molecule has 0 fully saturated rings. The summed E-state index contributed by atoms with van der Waals surface area (Å²) in [5.41, 5.74) is 5.33. The molecule has 0 aromatic heterocycles. The molecule has 59 heavy (non-hydrogen) atoms. The summed E-state index contributed by atoms with van der Waals surface area (Å²) in [6.07, 6.45) is 48.6. The van der Waals surface area contributed by atoms with E-state index >= 15 is 0 Å². The van der Waals surface area contributed by atoms with E-state index < -0.39 is 51.1 Å². The molecule has 0 bridgehead atoms. The molecule has 0 spiro atoms. The Labute approximate surface area is 357 Å². The van der Waals surface area contributed by atoms with Gasteiger partial charge in [-0.25, -0.2) is 4.57 Å². The number of rotatable bonds is 42. The molecule has 3 atom stereocenters. The van der Waals surface area contributed by atoms with Crippen LogP contribution in [0.15, 0.2) is 60.8 Å². The number of phosphoric acid groups is 1. The number of nitrogens with two attached hydrogens (primary N) is 1. The number of unbranched alkanes of at least 4 members (excludes halogenated alkanes) is 18. The molecule has 0 aliphatic carbocycles. The Hall–Kier alpha value is -2.82. The standard InChI is InChI=1S/C47H82NO10P/c1-3-5-7-9-11-13-15-17-19-21-23-25-27-29-31-33-35-37-39-46(50)58-43(41-56-59(53,54)57-42-44(48)47(51)52)40-55-45(49)38-36-34-32-30-28-26-24-22-20-18-16-14-12-10-8-6-4-2/h6,8,12,14,18,20,24,26,30,32,43-44H,3-5,7,9-11,13,15-17,19,21-23,25,27-29,31,33-42,48H2,1-2H3,(H,51,52)(H,53,54)/b8-6-,14-12-,20-18-,26-24-,32-30-/t43-,44+/m1/s1. The van der Waals surface area contributed by atoms with Crippen molar-refractivity contribution < 1.29 is 47.5 Å². The summed E-state index contributed by atoms with van der Waals surface area (Å²) in [6, 6.07) is -1.53. The Balaban J connectivity index is 4.40. The monoisotopic (exact) mass is 852 g/mol. The largest absolute Gasteiger partial charge is 0.480 e. The third kappa shape index (κ3) is 41.7. The average molecular weight is 852 g/mol. The number of carbonyl (C=O) groups excluding carboxylic acids is 2. The fourth-order valence-corrected chi connectivity index (χ4v) is 6.76. The third-order valence-electron chi connectivity index (χ3n) is 9.53. The molecule has 0 amide bonds. The van der Waals surface area contributed by atoms with E-state index in [1.54, 1.807) is 0 Å². The zero-order valence-corrected chi connectivity index (χ0v) is 37.7. The topological polar surface area (TPSA) is 172 Å². The van der Waals surface area contributed by atoms with Crippen LogP contribution < -0.4 is 5.73 Å². The molecule has 11 nitrogen and oxygen atoms in total. The summed E-state index contributed by atoms with van der Waals surface area (Å²) < 4.78 is 32.7. The second-order valence-electron chi connectivity index (χ2n) is 15.2. The number of esters is 2. The second-order valence-corrected chi connectivity index (χ2v) is 16.6. The highest BCUT2D eigenvalue weighted by molar-refractivity contribution is 7.47. The molecular formula is C47H82NO10P.